The second kappa shape index (κ2) is 66.3. The van der Waals surface area contributed by atoms with Gasteiger partial charge in [-0.1, -0.05) is 219 Å². The molecule has 8 saturated heterocycles. The third kappa shape index (κ3) is 37.6. The van der Waals surface area contributed by atoms with Crippen molar-refractivity contribution in [1.82, 2.24) is 21.3 Å². The third-order valence-electron chi connectivity index (χ3n) is 28.8. The Morgan fingerprint density at radius 3 is 1.25 bits per heavy atom. The second-order valence-corrected chi connectivity index (χ2v) is 40.6. The number of carbonyl (C=O) groups excluding carboxylic acids is 4. The number of amides is 4. The second-order valence-electron chi connectivity index (χ2n) is 40.6. The number of hydrogen-bond donors (Lipinski definition) is 28. The lowest BCUT2D eigenvalue weighted by Gasteiger charge is -2.52. The molecule has 0 spiro atoms. The monoisotopic (exact) mass is 2140 g/mol. The maximum absolute atomic E-state index is 14.0. The summed E-state index contributed by atoms with van der Waals surface area (Å²) in [6.45, 7) is -0.225. The van der Waals surface area contributed by atoms with Crippen LogP contribution in [0.25, 0.3) is 0 Å². The molecule has 8 fully saturated rings. The fraction of sp³-hybridized carbons (Fsp3) is 0.929. The normalized spacial score (nSPS) is 37.7. The van der Waals surface area contributed by atoms with Gasteiger partial charge in [0.1, 0.15) is 183 Å². The van der Waals surface area contributed by atoms with Crippen LogP contribution < -0.4 is 21.3 Å². The number of aliphatic carboxylic acids is 1. The van der Waals surface area contributed by atoms with Crippen molar-refractivity contribution in [3.05, 3.63) is 12.2 Å². The van der Waals surface area contributed by atoms with E-state index in [0.717, 1.165) is 85.0 Å². The average molecular weight is 2140 g/mol. The summed E-state index contributed by atoms with van der Waals surface area (Å²) in [6.07, 6.45) is -41.3. The van der Waals surface area contributed by atoms with Gasteiger partial charge in [-0.15, -0.1) is 0 Å². The van der Waals surface area contributed by atoms with E-state index in [2.05, 4.69) is 35.1 Å². The maximum atomic E-state index is 14.0. The molecule has 0 radical (unpaired) electrons. The molecule has 0 saturated carbocycles. The highest BCUT2D eigenvalue weighted by Gasteiger charge is 2.64. The van der Waals surface area contributed by atoms with E-state index >= 15 is 0 Å². The van der Waals surface area contributed by atoms with Crippen molar-refractivity contribution >= 4 is 29.6 Å². The van der Waals surface area contributed by atoms with Crippen molar-refractivity contribution < 1.29 is 222 Å². The van der Waals surface area contributed by atoms with Gasteiger partial charge in [0.15, 0.2) is 44.0 Å². The number of carbonyl (C=O) groups is 5. The van der Waals surface area contributed by atoms with E-state index < -0.39 is 352 Å². The number of ether oxygens (including phenoxy) is 16. The number of allylic oxidation sites excluding steroid dienone is 1. The Hall–Kier alpha value is -4.47. The Morgan fingerprint density at radius 2 is 0.757 bits per heavy atom. The van der Waals surface area contributed by atoms with Crippen LogP contribution in [0.2, 0.25) is 0 Å². The van der Waals surface area contributed by atoms with Crippen molar-refractivity contribution in [3.63, 3.8) is 0 Å². The Kier molecular flexibility index (Phi) is 57.6. The van der Waals surface area contributed by atoms with Crippen LogP contribution in [0.15, 0.2) is 12.2 Å². The molecule has 0 aromatic carbocycles. The summed E-state index contributed by atoms with van der Waals surface area (Å²) in [6, 6.07) is -7.07. The lowest BCUT2D eigenvalue weighted by Crippen LogP contribution is -2.72. The molecule has 4 amide bonds. The van der Waals surface area contributed by atoms with Crippen molar-refractivity contribution in [2.75, 3.05) is 52.9 Å². The van der Waals surface area contributed by atoms with Gasteiger partial charge in [-0.2, -0.15) is 0 Å². The lowest BCUT2D eigenvalue weighted by atomic mass is 9.88. The van der Waals surface area contributed by atoms with E-state index in [-0.39, 0.29) is 6.42 Å². The van der Waals surface area contributed by atoms with Crippen LogP contribution in [0, 0.1) is 0 Å². The molecule has 8 aliphatic heterocycles. The molecule has 49 heteroatoms. The minimum atomic E-state index is -3.39. The van der Waals surface area contributed by atoms with Crippen molar-refractivity contribution in [1.29, 1.82) is 0 Å². The number of unbranched alkanes of at least 4 members (excludes halogenated alkanes) is 31. The Balaban J connectivity index is 1.08. The molecule has 0 aromatic rings. The maximum Gasteiger partial charge on any atom is 0.364 e. The van der Waals surface area contributed by atoms with Gasteiger partial charge in [-0.3, -0.25) is 19.2 Å². The number of carboxylic acid groups (broad SMARTS) is 1. The Labute approximate surface area is 864 Å². The van der Waals surface area contributed by atoms with E-state index in [9.17, 15) is 147 Å². The van der Waals surface area contributed by atoms with Crippen LogP contribution in [0.4, 0.5) is 0 Å². The molecule has 0 aliphatic carbocycles. The molecule has 16 unspecified atom stereocenters. The molecule has 8 aliphatic rings. The standard InChI is InChI=1S/C99H176N4O45/c1-7-9-11-13-15-17-19-21-22-23-24-25-26-27-28-30-32-34-36-38-40-42-66(116)103-56(57(113)41-39-37-35-33-31-29-20-18-16-14-12-10-8-2)50-133-93-81(128)78(125)85(63(48-108)140-93)143-96-82(129)89(74(121)65(141-96)51-134-91-68(101-54(5)111)75(122)84(62(47-107)138-91)142-95-80(127)77(124)72(119)60(45-105)136-95)146-92-69(102-55(6)112)88(86(64(49-109)139-92)144-94-79(126)76(123)70(117)52(3)135-94)145-97-83(130)90(73(120)61(46-106)137-97)148-99(98(131)132)43-58(114)67(100-53(4)110)87(147-99)71(118)59(115)44-104/h39,41,52,56-65,67-97,104-109,113-115,117-130H,7-38,40,42-51H2,1-6H3,(H,100,110)(H,101,111)(H,102,112)(H,103,116)(H,131,132)/b41-39+/t52?,56-,57+,58?,59+,60?,61?,62?,63?,64?,65?,67+,68?,69?,70+,71+,72-,73-,74-,75+,76?,77-,78+,79-,80?,81?,82?,83?,84+,85+,86+,87?,88+,89-,90-,91+,92-,93+,94+,95-,96-,97-,99-/m0/s1. The number of hydrogen-bond acceptors (Lipinski definition) is 44. The van der Waals surface area contributed by atoms with E-state index in [1.54, 1.807) is 6.08 Å². The summed E-state index contributed by atoms with van der Waals surface area (Å²) in [5.74, 6) is -8.89. The minimum absolute atomic E-state index is 0.0811. The zero-order chi connectivity index (χ0) is 109. The van der Waals surface area contributed by atoms with E-state index in [1.165, 1.54) is 148 Å². The smallest absolute Gasteiger partial charge is 0.364 e. The van der Waals surface area contributed by atoms with Gasteiger partial charge in [0.2, 0.25) is 23.6 Å². The lowest BCUT2D eigenvalue weighted by molar-refractivity contribution is -0.400. The van der Waals surface area contributed by atoms with Gasteiger partial charge in [0.05, 0.1) is 83.3 Å². The third-order valence-corrected chi connectivity index (χ3v) is 28.8. The predicted octanol–water partition coefficient (Wildman–Crippen LogP) is -4.06. The molecule has 0 bridgehead atoms. The minimum Gasteiger partial charge on any atom is -0.477 e. The first-order chi connectivity index (χ1) is 70.8. The number of rotatable bonds is 67. The molecular formula is C99H176N4O45. The summed E-state index contributed by atoms with van der Waals surface area (Å²) in [5, 5.41) is 284. The first kappa shape index (κ1) is 129. The van der Waals surface area contributed by atoms with Crippen LogP contribution in [0.1, 0.15) is 266 Å². The highest BCUT2D eigenvalue weighted by molar-refractivity contribution is 5.77. The van der Waals surface area contributed by atoms with Crippen LogP contribution in [-0.4, -0.2) is 468 Å². The highest BCUT2D eigenvalue weighted by Crippen LogP contribution is 2.43. The van der Waals surface area contributed by atoms with Gasteiger partial charge >= 0.3 is 5.97 Å². The van der Waals surface area contributed by atoms with Crippen molar-refractivity contribution in [2.45, 2.75) is 529 Å². The van der Waals surface area contributed by atoms with Gasteiger partial charge in [0.25, 0.3) is 5.79 Å². The summed E-state index contributed by atoms with van der Waals surface area (Å²) < 4.78 is 97.7. The molecule has 862 valence electrons. The van der Waals surface area contributed by atoms with Gasteiger partial charge in [-0.05, 0) is 26.2 Å². The van der Waals surface area contributed by atoms with Crippen LogP contribution in [0.5, 0.6) is 0 Å². The number of aliphatic hydroxyl groups excluding tert-OH is 23. The SMILES string of the molecule is CCCCCCCCCCCCC/C=C/[C@@H](O)[C@H](CO[C@@H]1OC(CO)[C@@H](O[C@@H]2OC(CO[C@@H]3OC(CO)[C@@H](O[C@@H]4OC(CO)[C@H](O)[C@H](O)C4O)[C@H](O)C3NC(C)=O)[C@H](O)[C@H](O[C@@H]3OC(CO)[C@@H](O[C@H]4OC(C)[C@@H](O)C(O)[C@@H]4O)[C@H](O[C@@H]4OC(CO)[C@H](O)[C@H](O[C@]5(C(=O)O)CC(O)[C@@H](NC(C)=O)C([C@H](O)[C@H](O)CO)O5)C4O)C3NC(C)=O)C2O)[C@H](O)C1O)NC(=O)CCCCCCCCCCCCCCCCCCCCCCC. The molecular weight excluding hydrogens is 1970 g/mol. The first-order valence-electron chi connectivity index (χ1n) is 53.5. The highest BCUT2D eigenvalue weighted by atomic mass is 16.8. The van der Waals surface area contributed by atoms with Crippen molar-refractivity contribution in [2.24, 2.45) is 0 Å². The number of nitrogens with one attached hydrogen (secondary N) is 4. The van der Waals surface area contributed by atoms with E-state index in [4.69, 9.17) is 75.8 Å². The summed E-state index contributed by atoms with van der Waals surface area (Å²) in [4.78, 5) is 67.2. The fourth-order valence-electron chi connectivity index (χ4n) is 20.1. The van der Waals surface area contributed by atoms with Crippen LogP contribution >= 0.6 is 0 Å². The predicted molar refractivity (Wildman–Crippen MR) is 514 cm³/mol. The molecule has 8 rings (SSSR count). The number of carboxylic acids is 1. The van der Waals surface area contributed by atoms with Gasteiger partial charge < -0.3 is 220 Å². The van der Waals surface area contributed by atoms with Gasteiger partial charge in [-0.25, -0.2) is 4.79 Å². The molecule has 28 N–H and O–H groups in total. The largest absolute Gasteiger partial charge is 0.477 e. The Morgan fingerprint density at radius 1 is 0.372 bits per heavy atom. The summed E-state index contributed by atoms with van der Waals surface area (Å²) >= 11 is 0. The quantitative estimate of drug-likeness (QED) is 0.0203. The average Bonchev–Trinajstić information content (AvgIpc) is 0.749. The van der Waals surface area contributed by atoms with Crippen LogP contribution in [0.3, 0.4) is 0 Å². The van der Waals surface area contributed by atoms with Crippen molar-refractivity contribution in [3.8, 4) is 0 Å². The summed E-state index contributed by atoms with van der Waals surface area (Å²) in [7, 11) is 0. The van der Waals surface area contributed by atoms with Crippen LogP contribution in [-0.2, 0) is 99.8 Å². The molecule has 43 atom stereocenters. The number of aliphatic hydroxyl groups is 23. The zero-order valence-corrected chi connectivity index (χ0v) is 86.1. The van der Waals surface area contributed by atoms with E-state index in [1.807, 2.05) is 0 Å². The Bertz CT molecular complexity index is 3740. The molecule has 8 heterocycles. The molecule has 0 aromatic heterocycles. The summed E-state index contributed by atoms with van der Waals surface area (Å²) in [5.41, 5.74) is 0. The topological polar surface area (TPSA) is 767 Å². The zero-order valence-electron chi connectivity index (χ0n) is 86.1. The molecule has 148 heavy (non-hydrogen) atoms. The fourth-order valence-corrected chi connectivity index (χ4v) is 20.1. The molecule has 49 nitrogen and oxygen atoms in total. The first-order valence-corrected chi connectivity index (χ1v) is 53.5. The van der Waals surface area contributed by atoms with Gasteiger partial charge in [0, 0.05) is 33.6 Å². The van der Waals surface area contributed by atoms with E-state index in [0.29, 0.717) is 12.8 Å².